The van der Waals surface area contributed by atoms with E-state index < -0.39 is 0 Å². The minimum Gasteiger partial charge on any atom is -0.385 e. The Morgan fingerprint density at radius 2 is 1.82 bits per heavy atom. The SMILES string of the molecule is COCCCNC(=O)c1ccc(Cn2c(SCc3ccc(C)cc3)nc3ccncc32)cc1. The maximum atomic E-state index is 12.3. The van der Waals surface area contributed by atoms with Gasteiger partial charge in [-0.2, -0.15) is 0 Å². The maximum Gasteiger partial charge on any atom is 0.251 e. The van der Waals surface area contributed by atoms with Crippen LogP contribution >= 0.6 is 11.8 Å². The lowest BCUT2D eigenvalue weighted by Crippen LogP contribution is -2.25. The van der Waals surface area contributed by atoms with Crippen LogP contribution in [0.15, 0.2) is 72.1 Å². The number of benzene rings is 2. The van der Waals surface area contributed by atoms with Gasteiger partial charge in [0.1, 0.15) is 0 Å². The van der Waals surface area contributed by atoms with Gasteiger partial charge >= 0.3 is 0 Å². The third-order valence-corrected chi connectivity index (χ3v) is 6.42. The average Bonchev–Trinajstić information content (AvgIpc) is 3.19. The molecule has 4 aromatic rings. The molecule has 2 heterocycles. The summed E-state index contributed by atoms with van der Waals surface area (Å²) in [6, 6.07) is 18.3. The van der Waals surface area contributed by atoms with Crippen LogP contribution in [0.2, 0.25) is 0 Å². The van der Waals surface area contributed by atoms with E-state index in [4.69, 9.17) is 9.72 Å². The Kier molecular flexibility index (Phi) is 7.75. The molecule has 33 heavy (non-hydrogen) atoms. The van der Waals surface area contributed by atoms with E-state index in [1.54, 1.807) is 25.1 Å². The minimum absolute atomic E-state index is 0.0655. The van der Waals surface area contributed by atoms with E-state index in [0.717, 1.165) is 33.9 Å². The van der Waals surface area contributed by atoms with Gasteiger partial charge in [-0.3, -0.25) is 9.78 Å². The molecule has 0 radical (unpaired) electrons. The molecule has 0 atom stereocenters. The van der Waals surface area contributed by atoms with Crippen LogP contribution in [-0.2, 0) is 17.0 Å². The van der Waals surface area contributed by atoms with Gasteiger partial charge in [0.25, 0.3) is 5.91 Å². The summed E-state index contributed by atoms with van der Waals surface area (Å²) < 4.78 is 7.21. The lowest BCUT2D eigenvalue weighted by molar-refractivity contribution is 0.0948. The minimum atomic E-state index is -0.0655. The zero-order chi connectivity index (χ0) is 23.0. The van der Waals surface area contributed by atoms with Gasteiger partial charge in [-0.25, -0.2) is 4.98 Å². The van der Waals surface area contributed by atoms with E-state index in [0.29, 0.717) is 25.3 Å². The van der Waals surface area contributed by atoms with E-state index in [1.165, 1.54) is 11.1 Å². The molecular formula is C26H28N4O2S. The van der Waals surface area contributed by atoms with Gasteiger partial charge in [0, 0.05) is 37.8 Å². The number of rotatable bonds is 10. The van der Waals surface area contributed by atoms with Crippen molar-refractivity contribution in [3.8, 4) is 0 Å². The number of aromatic nitrogens is 3. The first-order valence-corrected chi connectivity index (χ1v) is 12.0. The molecule has 0 fully saturated rings. The summed E-state index contributed by atoms with van der Waals surface area (Å²) in [5, 5.41) is 3.88. The highest BCUT2D eigenvalue weighted by Gasteiger charge is 2.13. The number of fused-ring (bicyclic) bond motifs is 1. The Morgan fingerprint density at radius 3 is 2.58 bits per heavy atom. The number of hydrogen-bond donors (Lipinski definition) is 1. The van der Waals surface area contributed by atoms with Crippen molar-refractivity contribution in [1.29, 1.82) is 0 Å². The highest BCUT2D eigenvalue weighted by Crippen LogP contribution is 2.27. The van der Waals surface area contributed by atoms with Crippen LogP contribution in [0.25, 0.3) is 11.0 Å². The normalized spacial score (nSPS) is 11.1. The molecule has 6 nitrogen and oxygen atoms in total. The average molecular weight is 461 g/mol. The molecule has 0 unspecified atom stereocenters. The van der Waals surface area contributed by atoms with Crippen molar-refractivity contribution in [3.63, 3.8) is 0 Å². The fourth-order valence-electron chi connectivity index (χ4n) is 3.51. The van der Waals surface area contributed by atoms with Crippen LogP contribution in [-0.4, -0.2) is 40.7 Å². The van der Waals surface area contributed by atoms with Crippen molar-refractivity contribution < 1.29 is 9.53 Å². The van der Waals surface area contributed by atoms with E-state index in [2.05, 4.69) is 46.1 Å². The third-order valence-electron chi connectivity index (χ3n) is 5.37. The molecule has 0 bridgehead atoms. The molecule has 7 heteroatoms. The molecule has 0 aliphatic heterocycles. The zero-order valence-electron chi connectivity index (χ0n) is 19.0. The summed E-state index contributed by atoms with van der Waals surface area (Å²) in [4.78, 5) is 21.5. The van der Waals surface area contributed by atoms with Crippen LogP contribution in [0.4, 0.5) is 0 Å². The van der Waals surface area contributed by atoms with Gasteiger partial charge in [0.2, 0.25) is 0 Å². The predicted octanol–water partition coefficient (Wildman–Crippen LogP) is 4.85. The van der Waals surface area contributed by atoms with Crippen molar-refractivity contribution in [2.75, 3.05) is 20.3 Å². The van der Waals surface area contributed by atoms with Crippen molar-refractivity contribution in [2.24, 2.45) is 0 Å². The molecular weight excluding hydrogens is 432 g/mol. The van der Waals surface area contributed by atoms with E-state index in [1.807, 2.05) is 36.5 Å². The number of ether oxygens (including phenoxy) is 1. The molecule has 2 aromatic heterocycles. The second-order valence-corrected chi connectivity index (χ2v) is 8.86. The number of amides is 1. The highest BCUT2D eigenvalue weighted by molar-refractivity contribution is 7.98. The Balaban J connectivity index is 1.48. The standard InChI is InChI=1S/C26H28N4O2S/c1-19-4-6-21(7-5-19)18-33-26-29-23-12-14-27-16-24(23)30(26)17-20-8-10-22(11-9-20)25(31)28-13-3-15-32-2/h4-12,14,16H,3,13,15,17-18H2,1-2H3,(H,28,31). The summed E-state index contributed by atoms with van der Waals surface area (Å²) >= 11 is 1.72. The largest absolute Gasteiger partial charge is 0.385 e. The van der Waals surface area contributed by atoms with Gasteiger partial charge in [0.15, 0.2) is 5.16 Å². The lowest BCUT2D eigenvalue weighted by Gasteiger charge is -2.10. The number of methoxy groups -OCH3 is 1. The number of thioether (sulfide) groups is 1. The maximum absolute atomic E-state index is 12.3. The molecule has 1 amide bonds. The number of carbonyl (C=O) groups excluding carboxylic acids is 1. The third kappa shape index (κ3) is 6.00. The summed E-state index contributed by atoms with van der Waals surface area (Å²) in [7, 11) is 1.66. The zero-order valence-corrected chi connectivity index (χ0v) is 19.8. The molecule has 0 spiro atoms. The lowest BCUT2D eigenvalue weighted by atomic mass is 10.1. The van der Waals surface area contributed by atoms with E-state index in [-0.39, 0.29) is 5.91 Å². The number of imidazole rings is 1. The number of nitrogens with zero attached hydrogens (tertiary/aromatic N) is 3. The Labute approximate surface area is 198 Å². The number of hydrogen-bond acceptors (Lipinski definition) is 5. The Bertz CT molecular complexity index is 1200. The van der Waals surface area contributed by atoms with Crippen molar-refractivity contribution in [2.45, 2.75) is 30.8 Å². The molecule has 0 saturated carbocycles. The van der Waals surface area contributed by atoms with E-state index >= 15 is 0 Å². The number of pyridine rings is 1. The summed E-state index contributed by atoms with van der Waals surface area (Å²) in [6.07, 6.45) is 4.43. The van der Waals surface area contributed by atoms with Gasteiger partial charge in [-0.1, -0.05) is 53.7 Å². The Hall–Kier alpha value is -3.16. The van der Waals surface area contributed by atoms with Crippen LogP contribution in [0.1, 0.15) is 33.5 Å². The molecule has 1 N–H and O–H groups in total. The van der Waals surface area contributed by atoms with Gasteiger partial charge in [-0.05, 0) is 42.7 Å². The molecule has 2 aromatic carbocycles. The molecule has 0 aliphatic carbocycles. The first-order chi connectivity index (χ1) is 16.1. The van der Waals surface area contributed by atoms with Gasteiger partial charge in [0.05, 0.1) is 23.8 Å². The van der Waals surface area contributed by atoms with Gasteiger partial charge in [-0.15, -0.1) is 0 Å². The van der Waals surface area contributed by atoms with Crippen LogP contribution in [0, 0.1) is 6.92 Å². The molecule has 170 valence electrons. The Morgan fingerprint density at radius 1 is 1.06 bits per heavy atom. The number of carbonyl (C=O) groups is 1. The summed E-state index contributed by atoms with van der Waals surface area (Å²) in [5.74, 6) is 0.781. The monoisotopic (exact) mass is 460 g/mol. The highest BCUT2D eigenvalue weighted by atomic mass is 32.2. The summed E-state index contributed by atoms with van der Waals surface area (Å²) in [5.41, 5.74) is 6.22. The quantitative estimate of drug-likeness (QED) is 0.271. The molecule has 4 rings (SSSR count). The fraction of sp³-hybridized carbons (Fsp3) is 0.269. The molecule has 0 saturated heterocycles. The second kappa shape index (κ2) is 11.1. The first kappa shape index (κ1) is 23.0. The van der Waals surface area contributed by atoms with Crippen molar-refractivity contribution in [3.05, 3.63) is 89.2 Å². The van der Waals surface area contributed by atoms with Crippen molar-refractivity contribution in [1.82, 2.24) is 19.9 Å². The fourth-order valence-corrected chi connectivity index (χ4v) is 4.48. The number of nitrogens with one attached hydrogen (secondary N) is 1. The number of aryl methyl sites for hydroxylation is 1. The smallest absolute Gasteiger partial charge is 0.251 e. The molecule has 0 aliphatic rings. The van der Waals surface area contributed by atoms with Crippen LogP contribution in [0.5, 0.6) is 0 Å². The first-order valence-electron chi connectivity index (χ1n) is 11.0. The second-order valence-electron chi connectivity index (χ2n) is 7.92. The van der Waals surface area contributed by atoms with Gasteiger partial charge < -0.3 is 14.6 Å². The van der Waals surface area contributed by atoms with Crippen molar-refractivity contribution >= 4 is 28.7 Å². The topological polar surface area (TPSA) is 69.0 Å². The van der Waals surface area contributed by atoms with Crippen LogP contribution < -0.4 is 5.32 Å². The van der Waals surface area contributed by atoms with E-state index in [9.17, 15) is 4.79 Å². The predicted molar refractivity (Wildman–Crippen MR) is 133 cm³/mol. The van der Waals surface area contributed by atoms with Crippen LogP contribution in [0.3, 0.4) is 0 Å². The summed E-state index contributed by atoms with van der Waals surface area (Å²) in [6.45, 7) is 4.00.